The van der Waals surface area contributed by atoms with E-state index >= 15 is 0 Å². The molecule has 1 amide bonds. The van der Waals surface area contributed by atoms with E-state index in [0.29, 0.717) is 25.3 Å². The van der Waals surface area contributed by atoms with Gasteiger partial charge in [0.2, 0.25) is 0 Å². The zero-order chi connectivity index (χ0) is 23.6. The molecule has 0 saturated carbocycles. The molecule has 7 nitrogen and oxygen atoms in total. The summed E-state index contributed by atoms with van der Waals surface area (Å²) in [5, 5.41) is 7.36. The summed E-state index contributed by atoms with van der Waals surface area (Å²) in [6, 6.07) is 16.9. The summed E-state index contributed by atoms with van der Waals surface area (Å²) in [6.07, 6.45) is 2.68. The molecule has 1 aromatic heterocycles. The van der Waals surface area contributed by atoms with Crippen LogP contribution in [0, 0.1) is 5.92 Å². The molecule has 3 rings (SSSR count). The molecule has 0 fully saturated rings. The molecule has 0 unspecified atom stereocenters. The van der Waals surface area contributed by atoms with Crippen LogP contribution in [-0.4, -0.2) is 42.8 Å². The lowest BCUT2D eigenvalue weighted by Gasteiger charge is -2.23. The number of para-hydroxylation sites is 1. The number of hydrogen-bond acceptors (Lipinski definition) is 5. The zero-order valence-electron chi connectivity index (χ0n) is 19.5. The van der Waals surface area contributed by atoms with Gasteiger partial charge in [-0.25, -0.2) is 4.79 Å². The van der Waals surface area contributed by atoms with Gasteiger partial charge in [0.05, 0.1) is 7.11 Å². The largest absolute Gasteiger partial charge is 0.468 e. The topological polar surface area (TPSA) is 92.5 Å². The van der Waals surface area contributed by atoms with Crippen LogP contribution in [0.1, 0.15) is 31.4 Å². The first-order chi connectivity index (χ1) is 16.0. The lowest BCUT2D eigenvalue weighted by Crippen LogP contribution is -2.48. The molecule has 0 bridgehead atoms. The number of nitrogens with one attached hydrogen (secondary N) is 3. The first-order valence-corrected chi connectivity index (χ1v) is 11.3. The second kappa shape index (κ2) is 12.1. The number of methoxy groups -OCH3 is 1. The highest BCUT2D eigenvalue weighted by atomic mass is 16.5. The Morgan fingerprint density at radius 2 is 1.76 bits per heavy atom. The highest BCUT2D eigenvalue weighted by molar-refractivity contribution is 5.83. The number of aromatic nitrogens is 1. The van der Waals surface area contributed by atoms with E-state index in [2.05, 4.69) is 35.5 Å². The number of hydrogen-bond donors (Lipinski definition) is 3. The number of alkyl carbamates (subject to hydrolysis) is 1. The Labute approximate surface area is 194 Å². The second-order valence-corrected chi connectivity index (χ2v) is 8.58. The van der Waals surface area contributed by atoms with Crippen molar-refractivity contribution in [1.82, 2.24) is 15.6 Å². The van der Waals surface area contributed by atoms with Crippen LogP contribution >= 0.6 is 0 Å². The molecule has 7 heteroatoms. The monoisotopic (exact) mass is 451 g/mol. The van der Waals surface area contributed by atoms with E-state index in [-0.39, 0.29) is 18.6 Å². The maximum absolute atomic E-state index is 12.6. The molecular weight excluding hydrogens is 418 g/mol. The summed E-state index contributed by atoms with van der Waals surface area (Å²) < 4.78 is 10.4. The van der Waals surface area contributed by atoms with Crippen LogP contribution in [0.15, 0.2) is 60.8 Å². The smallest absolute Gasteiger partial charge is 0.407 e. The molecule has 0 aliphatic carbocycles. The molecule has 2 aromatic carbocycles. The molecule has 0 spiro atoms. The summed E-state index contributed by atoms with van der Waals surface area (Å²) >= 11 is 0. The SMILES string of the molecule is COC(=O)[C@H](CC(C)C)NC[C@H](Cc1c[nH]c2ccccc12)NC(=O)OCc1ccccc1. The molecule has 0 aliphatic rings. The Morgan fingerprint density at radius 3 is 2.48 bits per heavy atom. The predicted molar refractivity (Wildman–Crippen MR) is 129 cm³/mol. The van der Waals surface area contributed by atoms with Crippen LogP contribution in [0.25, 0.3) is 10.9 Å². The third-order valence-corrected chi connectivity index (χ3v) is 5.48. The van der Waals surface area contributed by atoms with Gasteiger partial charge in [-0.2, -0.15) is 0 Å². The fourth-order valence-electron chi connectivity index (χ4n) is 3.83. The first-order valence-electron chi connectivity index (χ1n) is 11.3. The summed E-state index contributed by atoms with van der Waals surface area (Å²) in [4.78, 5) is 28.1. The van der Waals surface area contributed by atoms with Gasteiger partial charge in [-0.15, -0.1) is 0 Å². The Kier molecular flexibility index (Phi) is 8.89. The van der Waals surface area contributed by atoms with Crippen LogP contribution in [0.2, 0.25) is 0 Å². The molecule has 0 saturated heterocycles. The van der Waals surface area contributed by atoms with Gasteiger partial charge in [0, 0.05) is 29.7 Å². The van der Waals surface area contributed by atoms with Gasteiger partial charge < -0.3 is 25.1 Å². The van der Waals surface area contributed by atoms with Crippen LogP contribution in [0.3, 0.4) is 0 Å². The lowest BCUT2D eigenvalue weighted by atomic mass is 10.0. The highest BCUT2D eigenvalue weighted by Crippen LogP contribution is 2.19. The summed E-state index contributed by atoms with van der Waals surface area (Å²) in [6.45, 7) is 4.70. The number of aromatic amines is 1. The molecule has 176 valence electrons. The second-order valence-electron chi connectivity index (χ2n) is 8.58. The number of carbonyl (C=O) groups excluding carboxylic acids is 2. The number of H-pyrrole nitrogens is 1. The van der Waals surface area contributed by atoms with Gasteiger partial charge in [-0.05, 0) is 36.0 Å². The van der Waals surface area contributed by atoms with Gasteiger partial charge >= 0.3 is 12.1 Å². The third-order valence-electron chi connectivity index (χ3n) is 5.48. The van der Waals surface area contributed by atoms with Crippen molar-refractivity contribution in [2.75, 3.05) is 13.7 Å². The quantitative estimate of drug-likeness (QED) is 0.380. The number of ether oxygens (including phenoxy) is 2. The van der Waals surface area contributed by atoms with Crippen LogP contribution in [0.5, 0.6) is 0 Å². The number of fused-ring (bicyclic) bond motifs is 1. The van der Waals surface area contributed by atoms with Crippen molar-refractivity contribution in [1.29, 1.82) is 0 Å². The van der Waals surface area contributed by atoms with E-state index in [1.165, 1.54) is 7.11 Å². The van der Waals surface area contributed by atoms with E-state index < -0.39 is 12.1 Å². The van der Waals surface area contributed by atoms with E-state index in [4.69, 9.17) is 9.47 Å². The number of carbonyl (C=O) groups is 2. The molecular formula is C26H33N3O4. The van der Waals surface area contributed by atoms with Gasteiger partial charge in [0.15, 0.2) is 0 Å². The zero-order valence-corrected chi connectivity index (χ0v) is 19.5. The standard InChI is InChI=1S/C26H33N3O4/c1-18(2)13-24(25(30)32-3)28-16-21(14-20-15-27-23-12-8-7-11-22(20)23)29-26(31)33-17-19-9-5-4-6-10-19/h4-12,15,18,21,24,27-28H,13-14,16-17H2,1-3H3,(H,29,31)/t21-,24-/m0/s1. The predicted octanol–water partition coefficient (Wildman–Crippen LogP) is 4.18. The Balaban J connectivity index is 1.69. The molecule has 0 radical (unpaired) electrons. The van der Waals surface area contributed by atoms with Crippen molar-refractivity contribution in [3.05, 3.63) is 71.9 Å². The molecule has 3 aromatic rings. The van der Waals surface area contributed by atoms with Crippen molar-refractivity contribution >= 4 is 23.0 Å². The van der Waals surface area contributed by atoms with Gasteiger partial charge in [-0.1, -0.05) is 62.4 Å². The minimum absolute atomic E-state index is 0.193. The van der Waals surface area contributed by atoms with Crippen molar-refractivity contribution in [3.8, 4) is 0 Å². The average molecular weight is 452 g/mol. The Bertz CT molecular complexity index is 1030. The molecule has 2 atom stereocenters. The van der Waals surface area contributed by atoms with Crippen LogP contribution < -0.4 is 10.6 Å². The lowest BCUT2D eigenvalue weighted by molar-refractivity contribution is -0.143. The fourth-order valence-corrected chi connectivity index (χ4v) is 3.83. The fraction of sp³-hybridized carbons (Fsp3) is 0.385. The molecule has 1 heterocycles. The van der Waals surface area contributed by atoms with E-state index in [1.54, 1.807) is 0 Å². The third kappa shape index (κ3) is 7.36. The van der Waals surface area contributed by atoms with Crippen LogP contribution in [0.4, 0.5) is 4.79 Å². The van der Waals surface area contributed by atoms with Crippen LogP contribution in [-0.2, 0) is 27.3 Å². The number of amides is 1. The first kappa shape index (κ1) is 24.3. The minimum atomic E-state index is -0.496. The molecule has 0 aliphatic heterocycles. The maximum atomic E-state index is 12.6. The number of rotatable bonds is 11. The summed E-state index contributed by atoms with van der Waals surface area (Å²) in [7, 11) is 1.39. The average Bonchev–Trinajstić information content (AvgIpc) is 3.23. The molecule has 33 heavy (non-hydrogen) atoms. The minimum Gasteiger partial charge on any atom is -0.468 e. The summed E-state index contributed by atoms with van der Waals surface area (Å²) in [5.74, 6) is 0.0127. The van der Waals surface area contributed by atoms with Gasteiger partial charge in [-0.3, -0.25) is 4.79 Å². The van der Waals surface area contributed by atoms with Crippen molar-refractivity contribution in [2.24, 2.45) is 5.92 Å². The normalized spacial score (nSPS) is 13.0. The molecule has 3 N–H and O–H groups in total. The maximum Gasteiger partial charge on any atom is 0.407 e. The van der Waals surface area contributed by atoms with Gasteiger partial charge in [0.25, 0.3) is 0 Å². The van der Waals surface area contributed by atoms with E-state index in [0.717, 1.165) is 22.0 Å². The van der Waals surface area contributed by atoms with E-state index in [9.17, 15) is 9.59 Å². The highest BCUT2D eigenvalue weighted by Gasteiger charge is 2.23. The van der Waals surface area contributed by atoms with Crippen molar-refractivity contribution in [2.45, 2.75) is 45.4 Å². The Morgan fingerprint density at radius 1 is 1.03 bits per heavy atom. The number of benzene rings is 2. The van der Waals surface area contributed by atoms with Gasteiger partial charge in [0.1, 0.15) is 12.6 Å². The summed E-state index contributed by atoms with van der Waals surface area (Å²) in [5.41, 5.74) is 3.04. The Hall–Kier alpha value is -3.32. The van der Waals surface area contributed by atoms with Crippen molar-refractivity contribution < 1.29 is 19.1 Å². The van der Waals surface area contributed by atoms with Crippen molar-refractivity contribution in [3.63, 3.8) is 0 Å². The van der Waals surface area contributed by atoms with E-state index in [1.807, 2.05) is 54.7 Å². The number of esters is 1.